The number of benzene rings is 1. The first-order valence-corrected chi connectivity index (χ1v) is 10.2. The molecule has 6 heteroatoms. The number of nitrogens with zero attached hydrogens (tertiary/aromatic N) is 2. The lowest BCUT2D eigenvalue weighted by atomic mass is 9.96. The van der Waals surface area contributed by atoms with Crippen molar-refractivity contribution in [1.82, 2.24) is 15.5 Å². The summed E-state index contributed by atoms with van der Waals surface area (Å²) in [5, 5.41) is 6.96. The van der Waals surface area contributed by atoms with Crippen molar-refractivity contribution in [1.29, 1.82) is 0 Å². The van der Waals surface area contributed by atoms with Crippen LogP contribution in [0.4, 0.5) is 0 Å². The molecule has 1 N–H and O–H groups in total. The molecule has 0 saturated carbocycles. The van der Waals surface area contributed by atoms with Crippen molar-refractivity contribution in [2.45, 2.75) is 45.1 Å². The van der Waals surface area contributed by atoms with E-state index in [-0.39, 0.29) is 12.0 Å². The normalized spacial score (nSPS) is 17.3. The molecule has 148 valence electrons. The minimum Gasteiger partial charge on any atom is -0.488 e. The van der Waals surface area contributed by atoms with Gasteiger partial charge in [0.15, 0.2) is 5.69 Å². The van der Waals surface area contributed by atoms with Gasteiger partial charge in [-0.2, -0.15) is 0 Å². The Kier molecular flexibility index (Phi) is 4.54. The quantitative estimate of drug-likeness (QED) is 0.737. The number of rotatable bonds is 4. The van der Waals surface area contributed by atoms with Gasteiger partial charge in [-0.1, -0.05) is 11.2 Å². The third-order valence-electron chi connectivity index (χ3n) is 5.66. The van der Waals surface area contributed by atoms with Crippen LogP contribution in [0.5, 0.6) is 5.75 Å². The zero-order valence-electron chi connectivity index (χ0n) is 16.4. The molecule has 1 aromatic carbocycles. The van der Waals surface area contributed by atoms with E-state index in [9.17, 15) is 4.79 Å². The Morgan fingerprint density at radius 2 is 2.10 bits per heavy atom. The Balaban J connectivity index is 1.23. The lowest BCUT2D eigenvalue weighted by Gasteiger charge is -2.12. The van der Waals surface area contributed by atoms with Crippen LogP contribution < -0.4 is 10.1 Å². The van der Waals surface area contributed by atoms with Crippen LogP contribution in [0.2, 0.25) is 0 Å². The number of ether oxygens (including phenoxy) is 1. The molecule has 0 fully saturated rings. The first-order valence-electron chi connectivity index (χ1n) is 10.2. The minimum atomic E-state index is -0.180. The maximum Gasteiger partial charge on any atom is 0.273 e. The predicted octanol–water partition coefficient (Wildman–Crippen LogP) is 3.66. The predicted molar refractivity (Wildman–Crippen MR) is 108 cm³/mol. The minimum absolute atomic E-state index is 0.0853. The lowest BCUT2D eigenvalue weighted by molar-refractivity contribution is 0.0923. The van der Waals surface area contributed by atoms with E-state index in [4.69, 9.17) is 9.26 Å². The van der Waals surface area contributed by atoms with Crippen LogP contribution in [0.3, 0.4) is 0 Å². The molecule has 6 nitrogen and oxygen atoms in total. The van der Waals surface area contributed by atoms with Crippen molar-refractivity contribution in [3.05, 3.63) is 64.7 Å². The number of pyridine rings is 1. The molecule has 0 saturated heterocycles. The molecule has 1 atom stereocenters. The van der Waals surface area contributed by atoms with Crippen LogP contribution in [0.15, 0.2) is 41.1 Å². The fourth-order valence-corrected chi connectivity index (χ4v) is 4.09. The van der Waals surface area contributed by atoms with Crippen LogP contribution >= 0.6 is 0 Å². The van der Waals surface area contributed by atoms with Gasteiger partial charge in [-0.3, -0.25) is 9.78 Å². The molecule has 1 amide bonds. The molecule has 3 heterocycles. The highest BCUT2D eigenvalue weighted by Gasteiger charge is 2.27. The third-order valence-corrected chi connectivity index (χ3v) is 5.66. The second kappa shape index (κ2) is 7.35. The van der Waals surface area contributed by atoms with Gasteiger partial charge in [0.05, 0.1) is 12.2 Å². The molecule has 0 bridgehead atoms. The molecule has 5 rings (SSSR count). The van der Waals surface area contributed by atoms with Crippen molar-refractivity contribution in [3.8, 4) is 17.0 Å². The summed E-state index contributed by atoms with van der Waals surface area (Å²) in [6.45, 7) is 2.47. The molecule has 3 aromatic rings. The number of carbonyl (C=O) groups is 1. The molecule has 0 spiro atoms. The number of nitrogens with one attached hydrogen (secondary N) is 1. The topological polar surface area (TPSA) is 77.2 Å². The summed E-state index contributed by atoms with van der Waals surface area (Å²) in [6.07, 6.45) is 6.45. The molecule has 0 unspecified atom stereocenters. The first-order chi connectivity index (χ1) is 14.2. The summed E-state index contributed by atoms with van der Waals surface area (Å²) in [5.74, 6) is 1.56. The SMILES string of the molecule is Cc1ccc(-c2ccc3c(c2)C[C@H](CNC(=O)c2noc4c2CCCC4)O3)nc1. The number of aryl methyl sites for hydroxylation is 2. The highest BCUT2D eigenvalue weighted by Crippen LogP contribution is 2.32. The summed E-state index contributed by atoms with van der Waals surface area (Å²) < 4.78 is 11.4. The maximum atomic E-state index is 12.6. The van der Waals surface area contributed by atoms with Crippen LogP contribution in [0.25, 0.3) is 11.3 Å². The van der Waals surface area contributed by atoms with Gasteiger partial charge >= 0.3 is 0 Å². The lowest BCUT2D eigenvalue weighted by Crippen LogP contribution is -2.35. The number of amides is 1. The van der Waals surface area contributed by atoms with E-state index in [1.54, 1.807) is 0 Å². The Bertz CT molecular complexity index is 1060. The average Bonchev–Trinajstić information content (AvgIpc) is 3.36. The van der Waals surface area contributed by atoms with Gasteiger partial charge in [0.25, 0.3) is 5.91 Å². The number of aromatic nitrogens is 2. The molecule has 29 heavy (non-hydrogen) atoms. The summed E-state index contributed by atoms with van der Waals surface area (Å²) in [5.41, 5.74) is 5.71. The van der Waals surface area contributed by atoms with Crippen LogP contribution in [-0.2, 0) is 19.3 Å². The Morgan fingerprint density at radius 1 is 1.21 bits per heavy atom. The molecule has 2 aliphatic rings. The average molecular weight is 389 g/mol. The Hall–Kier alpha value is -3.15. The monoisotopic (exact) mass is 389 g/mol. The van der Waals surface area contributed by atoms with E-state index >= 15 is 0 Å². The zero-order chi connectivity index (χ0) is 19.8. The van der Waals surface area contributed by atoms with E-state index in [0.29, 0.717) is 12.2 Å². The number of hydrogen-bond acceptors (Lipinski definition) is 5. The van der Waals surface area contributed by atoms with Gasteiger partial charge in [-0.25, -0.2) is 0 Å². The van der Waals surface area contributed by atoms with E-state index in [1.165, 1.54) is 0 Å². The van der Waals surface area contributed by atoms with Gasteiger partial charge in [-0.05, 0) is 61.6 Å². The van der Waals surface area contributed by atoms with E-state index in [0.717, 1.165) is 71.6 Å². The number of carbonyl (C=O) groups excluding carboxylic acids is 1. The van der Waals surface area contributed by atoms with Crippen molar-refractivity contribution >= 4 is 5.91 Å². The summed E-state index contributed by atoms with van der Waals surface area (Å²) in [7, 11) is 0. The Morgan fingerprint density at radius 3 is 2.97 bits per heavy atom. The van der Waals surface area contributed by atoms with E-state index < -0.39 is 0 Å². The molecule has 0 radical (unpaired) electrons. The second-order valence-corrected chi connectivity index (χ2v) is 7.84. The van der Waals surface area contributed by atoms with Crippen molar-refractivity contribution < 1.29 is 14.1 Å². The molecule has 1 aliphatic carbocycles. The van der Waals surface area contributed by atoms with Crippen LogP contribution in [-0.4, -0.2) is 28.7 Å². The summed E-state index contributed by atoms with van der Waals surface area (Å²) >= 11 is 0. The highest BCUT2D eigenvalue weighted by atomic mass is 16.5. The summed E-state index contributed by atoms with van der Waals surface area (Å²) in [6, 6.07) is 10.2. The maximum absolute atomic E-state index is 12.6. The van der Waals surface area contributed by atoms with Gasteiger partial charge in [0.2, 0.25) is 0 Å². The van der Waals surface area contributed by atoms with Gasteiger partial charge < -0.3 is 14.6 Å². The van der Waals surface area contributed by atoms with Gasteiger partial charge in [0, 0.05) is 30.2 Å². The Labute approximate surface area is 169 Å². The van der Waals surface area contributed by atoms with Crippen molar-refractivity contribution in [2.75, 3.05) is 6.54 Å². The molecule has 1 aliphatic heterocycles. The van der Waals surface area contributed by atoms with Crippen LogP contribution in [0, 0.1) is 6.92 Å². The third kappa shape index (κ3) is 3.50. The van der Waals surface area contributed by atoms with Gasteiger partial charge in [0.1, 0.15) is 17.6 Å². The number of hydrogen-bond donors (Lipinski definition) is 1. The highest BCUT2D eigenvalue weighted by molar-refractivity contribution is 5.93. The standard InChI is InChI=1S/C23H23N3O3/c1-14-6-8-19(24-12-14)15-7-9-20-16(10-15)11-17(28-20)13-25-23(27)22-18-4-2-3-5-21(18)29-26-22/h6-10,12,17H,2-5,11,13H2,1H3,(H,25,27)/t17-/m1/s1. The second-order valence-electron chi connectivity index (χ2n) is 7.84. The fourth-order valence-electron chi connectivity index (χ4n) is 4.09. The smallest absolute Gasteiger partial charge is 0.273 e. The molecule has 2 aromatic heterocycles. The first kappa shape index (κ1) is 17.9. The van der Waals surface area contributed by atoms with Crippen LogP contribution in [0.1, 0.15) is 45.8 Å². The van der Waals surface area contributed by atoms with E-state index in [1.807, 2.05) is 31.3 Å². The molecular formula is C23H23N3O3. The number of fused-ring (bicyclic) bond motifs is 2. The summed E-state index contributed by atoms with van der Waals surface area (Å²) in [4.78, 5) is 17.1. The largest absolute Gasteiger partial charge is 0.488 e. The van der Waals surface area contributed by atoms with Crippen molar-refractivity contribution in [3.63, 3.8) is 0 Å². The molecular weight excluding hydrogens is 366 g/mol. The zero-order valence-corrected chi connectivity index (χ0v) is 16.4. The fraction of sp³-hybridized carbons (Fsp3) is 0.348. The van der Waals surface area contributed by atoms with Crippen molar-refractivity contribution in [2.24, 2.45) is 0 Å². The van der Waals surface area contributed by atoms with E-state index in [2.05, 4.69) is 27.6 Å². The van der Waals surface area contributed by atoms with Gasteiger partial charge in [-0.15, -0.1) is 0 Å².